The van der Waals surface area contributed by atoms with Gasteiger partial charge in [-0.15, -0.1) is 0 Å². The molecule has 0 aromatic carbocycles. The van der Waals surface area contributed by atoms with Crippen molar-refractivity contribution in [2.24, 2.45) is 0 Å². The van der Waals surface area contributed by atoms with Gasteiger partial charge in [-0.1, -0.05) is 47.5 Å². The Labute approximate surface area is 105 Å². The van der Waals surface area contributed by atoms with Crippen LogP contribution in [0.3, 0.4) is 0 Å². The molecule has 0 bridgehead atoms. The summed E-state index contributed by atoms with van der Waals surface area (Å²) in [7, 11) is 8.62. The maximum Gasteiger partial charge on any atom is 0.0216 e. The molecule has 0 aliphatic heterocycles. The van der Waals surface area contributed by atoms with Crippen LogP contribution in [0.4, 0.5) is 0 Å². The maximum absolute atomic E-state index is 2.33. The molecule has 0 saturated heterocycles. The topological polar surface area (TPSA) is 6.48 Å². The summed E-state index contributed by atoms with van der Waals surface area (Å²) in [4.78, 5) is 4.59. The second kappa shape index (κ2) is 17.3. The van der Waals surface area contributed by atoms with E-state index in [1.54, 1.807) is 0 Å². The van der Waals surface area contributed by atoms with Crippen molar-refractivity contribution < 1.29 is 0 Å². The third-order valence-electron chi connectivity index (χ3n) is 2.20. The zero-order chi connectivity index (χ0) is 13.6. The zero-order valence-electron chi connectivity index (χ0n) is 13.3. The van der Waals surface area contributed by atoms with Gasteiger partial charge in [-0.3, -0.25) is 0 Å². The molecule has 0 N–H and O–H groups in total. The molecule has 0 saturated carbocycles. The normalized spacial score (nSPS) is 11.4. The molecule has 0 aromatic heterocycles. The molecule has 2 nitrogen and oxygen atoms in total. The second-order valence-electron chi connectivity index (χ2n) is 4.02. The Morgan fingerprint density at radius 2 is 1.31 bits per heavy atom. The van der Waals surface area contributed by atoms with Crippen molar-refractivity contribution in [2.45, 2.75) is 59.9 Å². The van der Waals surface area contributed by atoms with E-state index in [2.05, 4.69) is 44.9 Å². The van der Waals surface area contributed by atoms with Crippen molar-refractivity contribution in [1.82, 2.24) is 9.80 Å². The molecule has 0 amide bonds. The Morgan fingerprint density at radius 1 is 0.875 bits per heavy atom. The predicted molar refractivity (Wildman–Crippen MR) is 78.3 cm³/mol. The Hall–Kier alpha value is -0.0800. The standard InChI is InChI=1S/C10H24N2.2C2H6/c1-6-7-8-10(12(4)5)9-11(2)3;2*1-2/h10H,6-9H2,1-5H3;2*1-2H3/t10-;;/m1../s1. The van der Waals surface area contributed by atoms with Crippen LogP contribution in [0.15, 0.2) is 0 Å². The molecule has 0 radical (unpaired) electrons. The van der Waals surface area contributed by atoms with Gasteiger partial charge in [0.15, 0.2) is 0 Å². The highest BCUT2D eigenvalue weighted by atomic mass is 15.2. The first-order valence-corrected chi connectivity index (χ1v) is 6.89. The van der Waals surface area contributed by atoms with Gasteiger partial charge in [-0.25, -0.2) is 0 Å². The fraction of sp³-hybridized carbons (Fsp3) is 1.00. The average molecular weight is 232 g/mol. The Kier molecular flexibility index (Phi) is 23.0. The van der Waals surface area contributed by atoms with Crippen LogP contribution in [-0.4, -0.2) is 50.6 Å². The largest absolute Gasteiger partial charge is 0.308 e. The smallest absolute Gasteiger partial charge is 0.0216 e. The Morgan fingerprint density at radius 3 is 1.56 bits per heavy atom. The predicted octanol–water partition coefficient (Wildman–Crippen LogP) is 3.72. The van der Waals surface area contributed by atoms with Gasteiger partial charge in [0.2, 0.25) is 0 Å². The van der Waals surface area contributed by atoms with Crippen molar-refractivity contribution in [3.63, 3.8) is 0 Å². The molecule has 16 heavy (non-hydrogen) atoms. The number of likely N-dealkylation sites (N-methyl/N-ethyl adjacent to an activating group) is 2. The first-order valence-electron chi connectivity index (χ1n) is 6.89. The summed E-state index contributed by atoms with van der Waals surface area (Å²) in [5.74, 6) is 0. The molecule has 0 rings (SSSR count). The van der Waals surface area contributed by atoms with Gasteiger partial charge in [0, 0.05) is 12.6 Å². The lowest BCUT2D eigenvalue weighted by Crippen LogP contribution is -2.37. The minimum Gasteiger partial charge on any atom is -0.308 e. The molecular weight excluding hydrogens is 196 g/mol. The van der Waals surface area contributed by atoms with Crippen molar-refractivity contribution in [3.05, 3.63) is 0 Å². The third kappa shape index (κ3) is 16.4. The van der Waals surface area contributed by atoms with Gasteiger partial charge in [0.1, 0.15) is 0 Å². The van der Waals surface area contributed by atoms with Gasteiger partial charge in [0.25, 0.3) is 0 Å². The monoisotopic (exact) mass is 232 g/mol. The summed E-state index contributed by atoms with van der Waals surface area (Å²) in [5, 5.41) is 0. The van der Waals surface area contributed by atoms with E-state index in [0.717, 1.165) is 6.04 Å². The van der Waals surface area contributed by atoms with Crippen molar-refractivity contribution in [1.29, 1.82) is 0 Å². The number of nitrogens with zero attached hydrogens (tertiary/aromatic N) is 2. The summed E-state index contributed by atoms with van der Waals surface area (Å²) < 4.78 is 0. The summed E-state index contributed by atoms with van der Waals surface area (Å²) in [6, 6.07) is 0.722. The summed E-state index contributed by atoms with van der Waals surface area (Å²) in [6.07, 6.45) is 3.97. The summed E-state index contributed by atoms with van der Waals surface area (Å²) >= 11 is 0. The number of hydrogen-bond donors (Lipinski definition) is 0. The molecule has 0 aliphatic rings. The SMILES string of the molecule is CC.CC.CCCC[C@H](CN(C)C)N(C)C. The zero-order valence-corrected chi connectivity index (χ0v) is 13.3. The first-order chi connectivity index (χ1) is 7.57. The van der Waals surface area contributed by atoms with E-state index in [0.29, 0.717) is 0 Å². The lowest BCUT2D eigenvalue weighted by molar-refractivity contribution is 0.214. The first kappa shape index (κ1) is 21.2. The van der Waals surface area contributed by atoms with Crippen LogP contribution in [0.1, 0.15) is 53.9 Å². The van der Waals surface area contributed by atoms with Crippen molar-refractivity contribution >= 4 is 0 Å². The minimum absolute atomic E-state index is 0.722. The highest BCUT2D eigenvalue weighted by molar-refractivity contribution is 4.68. The van der Waals surface area contributed by atoms with Gasteiger partial charge < -0.3 is 9.80 Å². The van der Waals surface area contributed by atoms with Crippen molar-refractivity contribution in [2.75, 3.05) is 34.7 Å². The van der Waals surface area contributed by atoms with E-state index >= 15 is 0 Å². The second-order valence-corrected chi connectivity index (χ2v) is 4.02. The van der Waals surface area contributed by atoms with E-state index in [4.69, 9.17) is 0 Å². The van der Waals surface area contributed by atoms with Gasteiger partial charge in [-0.2, -0.15) is 0 Å². The Balaban J connectivity index is -0.000000376. The fourth-order valence-electron chi connectivity index (χ4n) is 1.37. The van der Waals surface area contributed by atoms with Crippen LogP contribution < -0.4 is 0 Å². The molecule has 102 valence electrons. The third-order valence-corrected chi connectivity index (χ3v) is 2.20. The molecule has 0 unspecified atom stereocenters. The van der Waals surface area contributed by atoms with Crippen LogP contribution in [0.5, 0.6) is 0 Å². The molecule has 0 aliphatic carbocycles. The van der Waals surface area contributed by atoms with Crippen LogP contribution >= 0.6 is 0 Å². The molecule has 2 heteroatoms. The molecule has 0 heterocycles. The number of unbranched alkanes of at least 4 members (excludes halogenated alkanes) is 1. The maximum atomic E-state index is 2.33. The van der Waals surface area contributed by atoms with E-state index < -0.39 is 0 Å². The minimum atomic E-state index is 0.722. The fourth-order valence-corrected chi connectivity index (χ4v) is 1.37. The molecule has 1 atom stereocenters. The van der Waals surface area contributed by atoms with Crippen molar-refractivity contribution in [3.8, 4) is 0 Å². The van der Waals surface area contributed by atoms with E-state index in [9.17, 15) is 0 Å². The van der Waals surface area contributed by atoms with Gasteiger partial charge in [0.05, 0.1) is 0 Å². The van der Waals surface area contributed by atoms with E-state index in [1.165, 1.54) is 25.8 Å². The van der Waals surface area contributed by atoms with E-state index in [1.807, 2.05) is 27.7 Å². The lowest BCUT2D eigenvalue weighted by Gasteiger charge is -2.27. The molecule has 0 spiro atoms. The molecule has 0 fully saturated rings. The average Bonchev–Trinajstić information content (AvgIpc) is 2.29. The Bertz CT molecular complexity index is 101. The number of hydrogen-bond acceptors (Lipinski definition) is 2. The number of rotatable bonds is 6. The van der Waals surface area contributed by atoms with Crippen LogP contribution in [0.25, 0.3) is 0 Å². The van der Waals surface area contributed by atoms with Crippen LogP contribution in [-0.2, 0) is 0 Å². The lowest BCUT2D eigenvalue weighted by atomic mass is 10.1. The van der Waals surface area contributed by atoms with Crippen LogP contribution in [0.2, 0.25) is 0 Å². The molecular formula is C14H36N2. The van der Waals surface area contributed by atoms with E-state index in [-0.39, 0.29) is 0 Å². The summed E-state index contributed by atoms with van der Waals surface area (Å²) in [6.45, 7) is 11.4. The highest BCUT2D eigenvalue weighted by Gasteiger charge is 2.10. The van der Waals surface area contributed by atoms with Gasteiger partial charge in [-0.05, 0) is 34.6 Å². The highest BCUT2D eigenvalue weighted by Crippen LogP contribution is 2.06. The quantitative estimate of drug-likeness (QED) is 0.688. The molecule has 0 aromatic rings. The summed E-state index contributed by atoms with van der Waals surface area (Å²) in [5.41, 5.74) is 0. The van der Waals surface area contributed by atoms with Gasteiger partial charge >= 0.3 is 0 Å². The van der Waals surface area contributed by atoms with Crippen LogP contribution in [0, 0.1) is 0 Å².